The van der Waals surface area contributed by atoms with E-state index in [1.54, 1.807) is 11.1 Å². The van der Waals surface area contributed by atoms with Gasteiger partial charge in [-0.1, -0.05) is 17.7 Å². The molecule has 8 heteroatoms. The van der Waals surface area contributed by atoms with Gasteiger partial charge in [-0.15, -0.1) is 5.10 Å². The van der Waals surface area contributed by atoms with Crippen LogP contribution in [0.2, 0.25) is 0 Å². The maximum atomic E-state index is 13.1. The molecule has 2 fully saturated rings. The summed E-state index contributed by atoms with van der Waals surface area (Å²) in [5.41, 5.74) is 3.01. The lowest BCUT2D eigenvalue weighted by Gasteiger charge is -2.36. The SMILES string of the molecule is Cc1ccc(N2CC(C(=O)N3CCN(c4cc(N(C)C)cnn4)CC3)CC2=O)cc1. The van der Waals surface area contributed by atoms with Crippen LogP contribution in [-0.4, -0.2) is 73.7 Å². The van der Waals surface area contributed by atoms with Gasteiger partial charge >= 0.3 is 0 Å². The predicted octanol–water partition coefficient (Wildman–Crippen LogP) is 1.55. The summed E-state index contributed by atoms with van der Waals surface area (Å²) in [6.45, 7) is 5.14. The Morgan fingerprint density at radius 1 is 1.10 bits per heavy atom. The molecule has 0 bridgehead atoms. The number of aromatic nitrogens is 2. The van der Waals surface area contributed by atoms with Crippen LogP contribution in [0, 0.1) is 12.8 Å². The van der Waals surface area contributed by atoms with Gasteiger partial charge in [-0.05, 0) is 19.1 Å². The maximum absolute atomic E-state index is 13.1. The molecule has 2 amide bonds. The summed E-state index contributed by atoms with van der Waals surface area (Å²) < 4.78 is 0. The Morgan fingerprint density at radius 3 is 2.47 bits per heavy atom. The van der Waals surface area contributed by atoms with Gasteiger partial charge in [-0.25, -0.2) is 0 Å². The average molecular weight is 409 g/mol. The molecule has 158 valence electrons. The van der Waals surface area contributed by atoms with E-state index in [1.165, 1.54) is 0 Å². The van der Waals surface area contributed by atoms with E-state index in [9.17, 15) is 9.59 Å². The smallest absolute Gasteiger partial charge is 0.228 e. The fraction of sp³-hybridized carbons (Fsp3) is 0.455. The molecule has 1 unspecified atom stereocenters. The first-order valence-corrected chi connectivity index (χ1v) is 10.3. The number of aryl methyl sites for hydroxylation is 1. The molecule has 8 nitrogen and oxygen atoms in total. The maximum Gasteiger partial charge on any atom is 0.228 e. The molecule has 2 aliphatic heterocycles. The molecule has 1 atom stereocenters. The van der Waals surface area contributed by atoms with E-state index in [-0.39, 0.29) is 24.2 Å². The number of rotatable bonds is 4. The highest BCUT2D eigenvalue weighted by molar-refractivity contribution is 6.00. The number of piperazine rings is 1. The number of nitrogens with zero attached hydrogens (tertiary/aromatic N) is 6. The first kappa shape index (κ1) is 20.1. The molecule has 0 aliphatic carbocycles. The first-order valence-electron chi connectivity index (χ1n) is 10.3. The zero-order valence-electron chi connectivity index (χ0n) is 17.8. The molecule has 2 aliphatic rings. The van der Waals surface area contributed by atoms with Gasteiger partial charge in [0.2, 0.25) is 11.8 Å². The highest BCUT2D eigenvalue weighted by atomic mass is 16.2. The fourth-order valence-corrected chi connectivity index (χ4v) is 4.01. The van der Waals surface area contributed by atoms with Crippen molar-refractivity contribution in [2.24, 2.45) is 5.92 Å². The second-order valence-corrected chi connectivity index (χ2v) is 8.22. The molecule has 1 aromatic heterocycles. The molecular formula is C22H28N6O2. The Balaban J connectivity index is 1.36. The van der Waals surface area contributed by atoms with Crippen LogP contribution in [0.25, 0.3) is 0 Å². The monoisotopic (exact) mass is 408 g/mol. The molecule has 2 saturated heterocycles. The van der Waals surface area contributed by atoms with E-state index < -0.39 is 0 Å². The van der Waals surface area contributed by atoms with Gasteiger partial charge in [-0.2, -0.15) is 5.10 Å². The van der Waals surface area contributed by atoms with Crippen molar-refractivity contribution < 1.29 is 9.59 Å². The summed E-state index contributed by atoms with van der Waals surface area (Å²) in [6, 6.07) is 9.89. The Morgan fingerprint density at radius 2 is 1.80 bits per heavy atom. The van der Waals surface area contributed by atoms with Crippen LogP contribution in [0.1, 0.15) is 12.0 Å². The number of amides is 2. The van der Waals surface area contributed by atoms with Crippen LogP contribution in [-0.2, 0) is 9.59 Å². The minimum Gasteiger partial charge on any atom is -0.376 e. The highest BCUT2D eigenvalue weighted by Crippen LogP contribution is 2.27. The van der Waals surface area contributed by atoms with Crippen molar-refractivity contribution in [2.75, 3.05) is 61.5 Å². The molecule has 0 radical (unpaired) electrons. The quantitative estimate of drug-likeness (QED) is 0.764. The third-order valence-electron chi connectivity index (χ3n) is 5.88. The molecule has 1 aromatic carbocycles. The van der Waals surface area contributed by atoms with Crippen molar-refractivity contribution in [3.05, 3.63) is 42.1 Å². The van der Waals surface area contributed by atoms with Gasteiger partial charge in [0.15, 0.2) is 5.82 Å². The van der Waals surface area contributed by atoms with Crippen LogP contribution >= 0.6 is 0 Å². The Kier molecular flexibility index (Phi) is 5.57. The number of hydrogen-bond acceptors (Lipinski definition) is 6. The van der Waals surface area contributed by atoms with Gasteiger partial charge < -0.3 is 19.6 Å². The van der Waals surface area contributed by atoms with Crippen LogP contribution < -0.4 is 14.7 Å². The largest absolute Gasteiger partial charge is 0.376 e. The van der Waals surface area contributed by atoms with Crippen molar-refractivity contribution in [3.63, 3.8) is 0 Å². The lowest BCUT2D eigenvalue weighted by Crippen LogP contribution is -2.51. The number of hydrogen-bond donors (Lipinski definition) is 0. The normalized spacial score (nSPS) is 19.4. The van der Waals surface area contributed by atoms with E-state index in [1.807, 2.05) is 61.2 Å². The predicted molar refractivity (Wildman–Crippen MR) is 117 cm³/mol. The Bertz CT molecular complexity index is 921. The minimum atomic E-state index is -0.276. The number of carbonyl (C=O) groups is 2. The van der Waals surface area contributed by atoms with E-state index in [0.717, 1.165) is 22.8 Å². The summed E-state index contributed by atoms with van der Waals surface area (Å²) in [6.07, 6.45) is 2.02. The van der Waals surface area contributed by atoms with E-state index in [4.69, 9.17) is 0 Å². The third-order valence-corrected chi connectivity index (χ3v) is 5.88. The molecule has 3 heterocycles. The van der Waals surface area contributed by atoms with E-state index >= 15 is 0 Å². The van der Waals surface area contributed by atoms with Crippen LogP contribution in [0.4, 0.5) is 17.2 Å². The highest BCUT2D eigenvalue weighted by Gasteiger charge is 2.38. The number of anilines is 3. The fourth-order valence-electron chi connectivity index (χ4n) is 4.01. The second-order valence-electron chi connectivity index (χ2n) is 8.22. The number of carbonyl (C=O) groups excluding carboxylic acids is 2. The van der Waals surface area contributed by atoms with Crippen molar-refractivity contribution in [3.8, 4) is 0 Å². The van der Waals surface area contributed by atoms with Crippen molar-refractivity contribution in [1.29, 1.82) is 0 Å². The van der Waals surface area contributed by atoms with Crippen molar-refractivity contribution in [2.45, 2.75) is 13.3 Å². The van der Waals surface area contributed by atoms with E-state index in [2.05, 4.69) is 15.1 Å². The third kappa shape index (κ3) is 4.08. The molecule has 2 aromatic rings. The topological polar surface area (TPSA) is 72.9 Å². The molecule has 4 rings (SSSR count). The van der Waals surface area contributed by atoms with Crippen LogP contribution in [0.3, 0.4) is 0 Å². The zero-order chi connectivity index (χ0) is 21.3. The average Bonchev–Trinajstić information content (AvgIpc) is 3.15. The van der Waals surface area contributed by atoms with Gasteiger partial charge in [0, 0.05) is 65.0 Å². The van der Waals surface area contributed by atoms with E-state index in [0.29, 0.717) is 32.7 Å². The number of benzene rings is 1. The zero-order valence-corrected chi connectivity index (χ0v) is 17.8. The summed E-state index contributed by atoms with van der Waals surface area (Å²) >= 11 is 0. The summed E-state index contributed by atoms with van der Waals surface area (Å²) in [7, 11) is 3.94. The molecule has 0 spiro atoms. The summed E-state index contributed by atoms with van der Waals surface area (Å²) in [5, 5.41) is 8.34. The van der Waals surface area contributed by atoms with Crippen LogP contribution in [0.15, 0.2) is 36.5 Å². The molecule has 0 N–H and O–H groups in total. The lowest BCUT2D eigenvalue weighted by molar-refractivity contribution is -0.136. The molecule has 0 saturated carbocycles. The lowest BCUT2D eigenvalue weighted by atomic mass is 10.1. The summed E-state index contributed by atoms with van der Waals surface area (Å²) in [5.74, 6) is 0.648. The first-order chi connectivity index (χ1) is 14.4. The molecular weight excluding hydrogens is 380 g/mol. The van der Waals surface area contributed by atoms with Gasteiger partial charge in [-0.3, -0.25) is 9.59 Å². The minimum absolute atomic E-state index is 0.0200. The van der Waals surface area contributed by atoms with Crippen molar-refractivity contribution in [1.82, 2.24) is 15.1 Å². The van der Waals surface area contributed by atoms with Gasteiger partial charge in [0.25, 0.3) is 0 Å². The second kappa shape index (κ2) is 8.30. The van der Waals surface area contributed by atoms with Crippen molar-refractivity contribution >= 4 is 29.0 Å². The molecule has 30 heavy (non-hydrogen) atoms. The Labute approximate surface area is 177 Å². The summed E-state index contributed by atoms with van der Waals surface area (Å²) in [4.78, 5) is 33.3. The standard InChI is InChI=1S/C22H28N6O2/c1-16-4-6-18(7-5-16)28-15-17(12-21(28)29)22(30)27-10-8-26(9-11-27)20-13-19(25(2)3)14-23-24-20/h4-7,13-14,17H,8-12,15H2,1-3H3. The van der Waals surface area contributed by atoms with Gasteiger partial charge in [0.05, 0.1) is 17.8 Å². The van der Waals surface area contributed by atoms with Gasteiger partial charge in [0.1, 0.15) is 0 Å². The Hall–Kier alpha value is -3.16. The van der Waals surface area contributed by atoms with Crippen LogP contribution in [0.5, 0.6) is 0 Å².